The van der Waals surface area contributed by atoms with Crippen molar-refractivity contribution in [1.82, 2.24) is 9.88 Å². The minimum atomic E-state index is 0.704. The van der Waals surface area contributed by atoms with Crippen LogP contribution in [0.1, 0.15) is 19.3 Å². The van der Waals surface area contributed by atoms with E-state index in [-0.39, 0.29) is 0 Å². The Bertz CT molecular complexity index is 579. The number of fused-ring (bicyclic) bond motifs is 1. The van der Waals surface area contributed by atoms with Crippen LogP contribution in [0.25, 0.3) is 10.9 Å². The third-order valence-corrected chi connectivity index (χ3v) is 3.88. The van der Waals surface area contributed by atoms with E-state index in [2.05, 4.69) is 9.88 Å². The summed E-state index contributed by atoms with van der Waals surface area (Å²) in [7, 11) is 0. The summed E-state index contributed by atoms with van der Waals surface area (Å²) in [5.74, 6) is 0.826. The van der Waals surface area contributed by atoms with E-state index in [1.54, 1.807) is 6.20 Å². The number of benzene rings is 1. The van der Waals surface area contributed by atoms with Crippen LogP contribution >= 0.6 is 0 Å². The lowest BCUT2D eigenvalue weighted by atomic mass is 10.1. The van der Waals surface area contributed by atoms with E-state index < -0.39 is 0 Å². The average Bonchev–Trinajstić information content (AvgIpc) is 2.51. The molecule has 0 amide bonds. The Balaban J connectivity index is 1.67. The number of nitrogens with two attached hydrogens (primary N) is 1. The summed E-state index contributed by atoms with van der Waals surface area (Å²) in [6.45, 7) is 4.09. The molecular formula is C16H21N3O. The molecule has 1 fully saturated rings. The predicted octanol–water partition coefficient (Wildman–Crippen LogP) is 2.68. The number of hydrogen-bond acceptors (Lipinski definition) is 4. The van der Waals surface area contributed by atoms with E-state index in [0.717, 1.165) is 28.9 Å². The van der Waals surface area contributed by atoms with E-state index in [1.807, 2.05) is 24.3 Å². The maximum absolute atomic E-state index is 5.97. The van der Waals surface area contributed by atoms with Gasteiger partial charge in [0.2, 0.25) is 0 Å². The monoisotopic (exact) mass is 271 g/mol. The topological polar surface area (TPSA) is 51.4 Å². The van der Waals surface area contributed by atoms with Crippen molar-refractivity contribution in [2.45, 2.75) is 19.3 Å². The fourth-order valence-electron chi connectivity index (χ4n) is 2.75. The first-order chi connectivity index (χ1) is 9.84. The summed E-state index contributed by atoms with van der Waals surface area (Å²) in [6.07, 6.45) is 5.77. The second-order valence-electron chi connectivity index (χ2n) is 5.30. The van der Waals surface area contributed by atoms with Gasteiger partial charge in [0.1, 0.15) is 17.9 Å². The summed E-state index contributed by atoms with van der Waals surface area (Å²) in [5.41, 5.74) is 7.57. The van der Waals surface area contributed by atoms with Crippen molar-refractivity contribution in [2.24, 2.45) is 0 Å². The van der Waals surface area contributed by atoms with Crippen LogP contribution in [0, 0.1) is 0 Å². The number of anilines is 1. The van der Waals surface area contributed by atoms with Crippen LogP contribution in [0.5, 0.6) is 5.75 Å². The van der Waals surface area contributed by atoms with Gasteiger partial charge in [0.25, 0.3) is 0 Å². The Morgan fingerprint density at radius 3 is 2.85 bits per heavy atom. The molecule has 2 heterocycles. The van der Waals surface area contributed by atoms with Crippen LogP contribution in [-0.2, 0) is 0 Å². The highest BCUT2D eigenvalue weighted by Gasteiger charge is 2.10. The number of hydrogen-bond donors (Lipinski definition) is 1. The van der Waals surface area contributed by atoms with Crippen molar-refractivity contribution in [3.05, 3.63) is 30.5 Å². The fourth-order valence-corrected chi connectivity index (χ4v) is 2.75. The van der Waals surface area contributed by atoms with E-state index in [4.69, 9.17) is 10.5 Å². The van der Waals surface area contributed by atoms with Crippen molar-refractivity contribution in [3.63, 3.8) is 0 Å². The van der Waals surface area contributed by atoms with E-state index in [0.29, 0.717) is 6.61 Å². The Morgan fingerprint density at radius 1 is 1.15 bits per heavy atom. The summed E-state index contributed by atoms with van der Waals surface area (Å²) >= 11 is 0. The molecule has 0 aliphatic carbocycles. The van der Waals surface area contributed by atoms with Crippen molar-refractivity contribution in [1.29, 1.82) is 0 Å². The summed E-state index contributed by atoms with van der Waals surface area (Å²) < 4.78 is 5.92. The predicted molar refractivity (Wildman–Crippen MR) is 81.9 cm³/mol. The highest BCUT2D eigenvalue weighted by molar-refractivity contribution is 5.94. The van der Waals surface area contributed by atoms with Crippen LogP contribution in [0.3, 0.4) is 0 Å². The lowest BCUT2D eigenvalue weighted by Crippen LogP contribution is -2.33. The Labute approximate surface area is 119 Å². The number of nitrogens with zero attached hydrogens (tertiary/aromatic N) is 2. The molecule has 1 aliphatic heterocycles. The quantitative estimate of drug-likeness (QED) is 0.869. The first kappa shape index (κ1) is 13.2. The zero-order valence-corrected chi connectivity index (χ0v) is 11.7. The number of aromatic nitrogens is 1. The third kappa shape index (κ3) is 2.85. The molecule has 1 aliphatic rings. The highest BCUT2D eigenvalue weighted by Crippen LogP contribution is 2.27. The largest absolute Gasteiger partial charge is 0.490 e. The first-order valence-electron chi connectivity index (χ1n) is 7.33. The molecule has 4 heteroatoms. The van der Waals surface area contributed by atoms with Crippen LogP contribution in [0.2, 0.25) is 0 Å². The van der Waals surface area contributed by atoms with Crippen LogP contribution in [0.15, 0.2) is 30.5 Å². The molecule has 0 unspecified atom stereocenters. The molecule has 0 radical (unpaired) electrons. The normalized spacial score (nSPS) is 16.4. The molecule has 0 spiro atoms. The fraction of sp³-hybridized carbons (Fsp3) is 0.438. The zero-order valence-electron chi connectivity index (χ0n) is 11.7. The van der Waals surface area contributed by atoms with Crippen LogP contribution in [0.4, 0.5) is 5.69 Å². The molecule has 2 N–H and O–H groups in total. The van der Waals surface area contributed by atoms with Crippen molar-refractivity contribution >= 4 is 16.6 Å². The van der Waals surface area contributed by atoms with Gasteiger partial charge in [-0.3, -0.25) is 9.88 Å². The number of likely N-dealkylation sites (tertiary alicyclic amines) is 1. The van der Waals surface area contributed by atoms with Crippen molar-refractivity contribution < 1.29 is 4.74 Å². The smallest absolute Gasteiger partial charge is 0.145 e. The molecule has 0 saturated carbocycles. The third-order valence-electron chi connectivity index (χ3n) is 3.88. The molecule has 20 heavy (non-hydrogen) atoms. The molecule has 2 aromatic rings. The molecule has 106 valence electrons. The minimum absolute atomic E-state index is 0.704. The maximum Gasteiger partial charge on any atom is 0.145 e. The molecular weight excluding hydrogens is 250 g/mol. The van der Waals surface area contributed by atoms with Gasteiger partial charge in [0, 0.05) is 23.8 Å². The van der Waals surface area contributed by atoms with E-state index in [9.17, 15) is 0 Å². The number of pyridine rings is 1. The maximum atomic E-state index is 5.97. The molecule has 4 nitrogen and oxygen atoms in total. The summed E-state index contributed by atoms with van der Waals surface area (Å²) in [5, 5.41) is 0.961. The zero-order chi connectivity index (χ0) is 13.8. The number of nitrogen functional groups attached to an aromatic ring is 1. The highest BCUT2D eigenvalue weighted by atomic mass is 16.5. The average molecular weight is 271 g/mol. The van der Waals surface area contributed by atoms with Crippen molar-refractivity contribution in [2.75, 3.05) is 32.0 Å². The molecule has 0 bridgehead atoms. The lowest BCUT2D eigenvalue weighted by molar-refractivity contribution is 0.184. The molecule has 1 aromatic heterocycles. The standard InChI is InChI=1S/C16H21N3O/c17-14-6-7-15(16-13(14)5-4-8-18-16)20-12-11-19-9-2-1-3-10-19/h4-8H,1-3,9-12,17H2. The number of rotatable bonds is 4. The second kappa shape index (κ2) is 6.09. The van der Waals surface area contributed by atoms with Crippen LogP contribution in [-0.4, -0.2) is 36.1 Å². The minimum Gasteiger partial charge on any atom is -0.490 e. The SMILES string of the molecule is Nc1ccc(OCCN2CCCCC2)c2ncccc12. The van der Waals surface area contributed by atoms with Gasteiger partial charge in [-0.05, 0) is 50.2 Å². The summed E-state index contributed by atoms with van der Waals surface area (Å²) in [6, 6.07) is 7.69. The summed E-state index contributed by atoms with van der Waals surface area (Å²) in [4.78, 5) is 6.86. The molecule has 1 aromatic carbocycles. The van der Waals surface area contributed by atoms with Crippen LogP contribution < -0.4 is 10.5 Å². The first-order valence-corrected chi connectivity index (χ1v) is 7.33. The Morgan fingerprint density at radius 2 is 2.00 bits per heavy atom. The number of piperidine rings is 1. The van der Waals surface area contributed by atoms with Gasteiger partial charge in [-0.2, -0.15) is 0 Å². The van der Waals surface area contributed by atoms with Gasteiger partial charge in [-0.1, -0.05) is 6.42 Å². The Kier molecular flexibility index (Phi) is 4.02. The van der Waals surface area contributed by atoms with Gasteiger partial charge < -0.3 is 10.5 Å². The van der Waals surface area contributed by atoms with Gasteiger partial charge >= 0.3 is 0 Å². The van der Waals surface area contributed by atoms with E-state index >= 15 is 0 Å². The van der Waals surface area contributed by atoms with Gasteiger partial charge in [0.05, 0.1) is 0 Å². The van der Waals surface area contributed by atoms with Gasteiger partial charge in [-0.25, -0.2) is 0 Å². The Hall–Kier alpha value is -1.81. The van der Waals surface area contributed by atoms with E-state index in [1.165, 1.54) is 32.4 Å². The van der Waals surface area contributed by atoms with Gasteiger partial charge in [-0.15, -0.1) is 0 Å². The molecule has 3 rings (SSSR count). The van der Waals surface area contributed by atoms with Crippen molar-refractivity contribution in [3.8, 4) is 5.75 Å². The lowest BCUT2D eigenvalue weighted by Gasteiger charge is -2.26. The molecule has 0 atom stereocenters. The second-order valence-corrected chi connectivity index (χ2v) is 5.30. The molecule has 1 saturated heterocycles. The van der Waals surface area contributed by atoms with Gasteiger partial charge in [0.15, 0.2) is 0 Å². The number of ether oxygens (including phenoxy) is 1.